The molecule has 0 atom stereocenters. The summed E-state index contributed by atoms with van der Waals surface area (Å²) in [6.45, 7) is 2.68. The van der Waals surface area contributed by atoms with Crippen molar-refractivity contribution in [2.45, 2.75) is 0 Å². The van der Waals surface area contributed by atoms with Crippen LogP contribution in [0, 0.1) is 5.82 Å². The molecule has 5 heterocycles. The van der Waals surface area contributed by atoms with Crippen molar-refractivity contribution < 1.29 is 9.13 Å². The first-order valence-electron chi connectivity index (χ1n) is 9.54. The predicted molar refractivity (Wildman–Crippen MR) is 111 cm³/mol. The third kappa shape index (κ3) is 3.85. The maximum atomic E-state index is 14.1. The fourth-order valence-corrected chi connectivity index (χ4v) is 3.23. The molecule has 5 rings (SSSR count). The summed E-state index contributed by atoms with van der Waals surface area (Å²) in [7, 11) is 0. The Hall–Kier alpha value is -3.79. The number of hydrogen-bond donors (Lipinski definition) is 2. The van der Waals surface area contributed by atoms with Crippen LogP contribution >= 0.6 is 0 Å². The maximum Gasteiger partial charge on any atom is 0.232 e. The molecule has 1 aliphatic heterocycles. The molecule has 0 radical (unpaired) electrons. The molecule has 10 heteroatoms. The normalized spacial score (nSPS) is 14.1. The fourth-order valence-electron chi connectivity index (χ4n) is 3.23. The van der Waals surface area contributed by atoms with Gasteiger partial charge in [0.05, 0.1) is 13.2 Å². The van der Waals surface area contributed by atoms with Crippen molar-refractivity contribution >= 4 is 34.7 Å². The minimum atomic E-state index is -0.475. The van der Waals surface area contributed by atoms with E-state index in [0.29, 0.717) is 32.1 Å². The zero-order valence-electron chi connectivity index (χ0n) is 16.0. The number of nitrogens with zero attached hydrogens (tertiary/aromatic N) is 6. The van der Waals surface area contributed by atoms with E-state index in [2.05, 4.69) is 35.5 Å². The Bertz CT molecular complexity index is 1170. The summed E-state index contributed by atoms with van der Waals surface area (Å²) in [5.41, 5.74) is 1.65. The Morgan fingerprint density at radius 1 is 0.967 bits per heavy atom. The maximum absolute atomic E-state index is 14.1. The highest BCUT2D eigenvalue weighted by molar-refractivity contribution is 5.65. The van der Waals surface area contributed by atoms with Gasteiger partial charge in [0.2, 0.25) is 5.95 Å². The lowest BCUT2D eigenvalue weighted by Gasteiger charge is -2.28. The summed E-state index contributed by atoms with van der Waals surface area (Å²) in [4.78, 5) is 19.5. The van der Waals surface area contributed by atoms with Crippen molar-refractivity contribution in [3.05, 3.63) is 60.9 Å². The van der Waals surface area contributed by atoms with Crippen LogP contribution < -0.4 is 15.5 Å². The molecule has 9 nitrogen and oxygen atoms in total. The Morgan fingerprint density at radius 3 is 2.73 bits per heavy atom. The van der Waals surface area contributed by atoms with Crippen molar-refractivity contribution in [3.8, 4) is 0 Å². The minimum absolute atomic E-state index is 0.0707. The van der Waals surface area contributed by atoms with Crippen molar-refractivity contribution in [1.29, 1.82) is 0 Å². The van der Waals surface area contributed by atoms with E-state index in [0.717, 1.165) is 17.2 Å². The lowest BCUT2D eigenvalue weighted by molar-refractivity contribution is 0.122. The first-order chi connectivity index (χ1) is 14.7. The monoisotopic (exact) mass is 406 g/mol. The molecule has 0 bridgehead atoms. The second-order valence-corrected chi connectivity index (χ2v) is 6.73. The molecule has 0 aliphatic carbocycles. The van der Waals surface area contributed by atoms with Crippen LogP contribution in [0.1, 0.15) is 0 Å². The number of rotatable bonds is 5. The fraction of sp³-hybridized carbons (Fsp3) is 0.200. The Morgan fingerprint density at radius 2 is 1.87 bits per heavy atom. The number of imidazole rings is 1. The molecule has 2 N–H and O–H groups in total. The first kappa shape index (κ1) is 18.3. The molecule has 1 fully saturated rings. The van der Waals surface area contributed by atoms with Gasteiger partial charge >= 0.3 is 0 Å². The van der Waals surface area contributed by atoms with Crippen molar-refractivity contribution in [1.82, 2.24) is 24.3 Å². The quantitative estimate of drug-likeness (QED) is 0.523. The average Bonchev–Trinajstić information content (AvgIpc) is 3.24. The van der Waals surface area contributed by atoms with E-state index >= 15 is 0 Å². The number of halogens is 1. The number of anilines is 5. The molecule has 1 aliphatic rings. The largest absolute Gasteiger partial charge is 0.378 e. The number of hydrogen-bond acceptors (Lipinski definition) is 8. The lowest BCUT2D eigenvalue weighted by atomic mass is 10.3. The molecular formula is C20H19FN8O. The first-order valence-corrected chi connectivity index (χ1v) is 9.54. The van der Waals surface area contributed by atoms with E-state index in [4.69, 9.17) is 4.74 Å². The zero-order valence-corrected chi connectivity index (χ0v) is 16.0. The van der Waals surface area contributed by atoms with Crippen molar-refractivity contribution in [2.24, 2.45) is 0 Å². The molecule has 152 valence electrons. The van der Waals surface area contributed by atoms with Crippen LogP contribution in [0.5, 0.6) is 0 Å². The number of ether oxygens (including phenoxy) is 1. The minimum Gasteiger partial charge on any atom is -0.378 e. The van der Waals surface area contributed by atoms with E-state index in [1.807, 2.05) is 35.0 Å². The van der Waals surface area contributed by atoms with Crippen LogP contribution in [-0.2, 0) is 4.74 Å². The van der Waals surface area contributed by atoms with Gasteiger partial charge in [-0.15, -0.1) is 0 Å². The number of morpholine rings is 1. The molecule has 0 spiro atoms. The lowest BCUT2D eigenvalue weighted by Crippen LogP contribution is -2.36. The van der Waals surface area contributed by atoms with Gasteiger partial charge in [-0.2, -0.15) is 9.97 Å². The highest BCUT2D eigenvalue weighted by atomic mass is 19.1. The molecular weight excluding hydrogens is 387 g/mol. The molecule has 0 unspecified atom stereocenters. The van der Waals surface area contributed by atoms with Crippen LogP contribution in [0.2, 0.25) is 0 Å². The summed E-state index contributed by atoms with van der Waals surface area (Å²) in [5.74, 6) is 1.14. The van der Waals surface area contributed by atoms with Gasteiger partial charge in [0.25, 0.3) is 0 Å². The Labute approximate surface area is 171 Å². The third-order valence-corrected chi connectivity index (χ3v) is 4.71. The smallest absolute Gasteiger partial charge is 0.232 e. The van der Waals surface area contributed by atoms with Crippen LogP contribution in [0.4, 0.5) is 33.5 Å². The van der Waals surface area contributed by atoms with Gasteiger partial charge < -0.3 is 24.7 Å². The Kier molecular flexibility index (Phi) is 4.81. The second kappa shape index (κ2) is 7.91. The van der Waals surface area contributed by atoms with Crippen LogP contribution in [0.3, 0.4) is 0 Å². The van der Waals surface area contributed by atoms with Gasteiger partial charge in [-0.05, 0) is 18.2 Å². The Balaban J connectivity index is 1.48. The SMILES string of the molecule is Fc1cccnc1Nc1nc(Nc2ccn3ccnc3c2)cc(N2CCOCC2)n1. The predicted octanol–water partition coefficient (Wildman–Crippen LogP) is 2.98. The topological polar surface area (TPSA) is 92.5 Å². The summed E-state index contributed by atoms with van der Waals surface area (Å²) < 4.78 is 21.4. The van der Waals surface area contributed by atoms with E-state index in [-0.39, 0.29) is 11.8 Å². The molecule has 4 aromatic rings. The number of pyridine rings is 2. The van der Waals surface area contributed by atoms with Crippen molar-refractivity contribution in [2.75, 3.05) is 41.8 Å². The van der Waals surface area contributed by atoms with Gasteiger partial charge in [-0.3, -0.25) is 0 Å². The van der Waals surface area contributed by atoms with Crippen LogP contribution in [0.25, 0.3) is 5.65 Å². The van der Waals surface area contributed by atoms with E-state index in [9.17, 15) is 4.39 Å². The molecule has 0 saturated carbocycles. The zero-order chi connectivity index (χ0) is 20.3. The second-order valence-electron chi connectivity index (χ2n) is 6.73. The molecule has 1 saturated heterocycles. The number of nitrogens with one attached hydrogen (secondary N) is 2. The van der Waals surface area contributed by atoms with Gasteiger partial charge in [-0.1, -0.05) is 0 Å². The highest BCUT2D eigenvalue weighted by Crippen LogP contribution is 2.24. The third-order valence-electron chi connectivity index (χ3n) is 4.71. The molecule has 0 aromatic carbocycles. The van der Waals surface area contributed by atoms with Crippen molar-refractivity contribution in [3.63, 3.8) is 0 Å². The summed E-state index contributed by atoms with van der Waals surface area (Å²) in [6.07, 6.45) is 7.04. The van der Waals surface area contributed by atoms with Gasteiger partial charge in [-0.25, -0.2) is 14.4 Å². The molecule has 30 heavy (non-hydrogen) atoms. The average molecular weight is 406 g/mol. The summed E-state index contributed by atoms with van der Waals surface area (Å²) in [5, 5.41) is 6.17. The van der Waals surface area contributed by atoms with E-state index in [1.165, 1.54) is 18.3 Å². The standard InChI is InChI=1S/C20H19FN8O/c21-15-2-1-4-23-19(15)27-20-25-16(13-18(26-20)29-8-10-30-11-9-29)24-14-3-6-28-7-5-22-17(28)12-14/h1-7,12-13H,8-11H2,(H2,23,24,25,26,27). The highest BCUT2D eigenvalue weighted by Gasteiger charge is 2.16. The van der Waals surface area contributed by atoms with Gasteiger partial charge in [0.1, 0.15) is 17.3 Å². The van der Waals surface area contributed by atoms with Crippen LogP contribution in [0.15, 0.2) is 55.1 Å². The van der Waals surface area contributed by atoms with Gasteiger partial charge in [0, 0.05) is 55.7 Å². The summed E-state index contributed by atoms with van der Waals surface area (Å²) >= 11 is 0. The van der Waals surface area contributed by atoms with Crippen LogP contribution in [-0.4, -0.2) is 50.6 Å². The number of aromatic nitrogens is 5. The summed E-state index contributed by atoms with van der Waals surface area (Å²) in [6, 6.07) is 8.57. The van der Waals surface area contributed by atoms with E-state index in [1.54, 1.807) is 6.20 Å². The number of fused-ring (bicyclic) bond motifs is 1. The molecule has 0 amide bonds. The van der Waals surface area contributed by atoms with E-state index < -0.39 is 5.82 Å². The van der Waals surface area contributed by atoms with Gasteiger partial charge in [0.15, 0.2) is 11.6 Å². The molecule has 4 aromatic heterocycles.